The molecule has 0 fully saturated rings. The van der Waals surface area contributed by atoms with Gasteiger partial charge in [0.25, 0.3) is 5.91 Å². The molecule has 0 aliphatic carbocycles. The summed E-state index contributed by atoms with van der Waals surface area (Å²) >= 11 is 0. The Balaban J connectivity index is 0.000000516. The van der Waals surface area contributed by atoms with E-state index in [9.17, 15) is 22.8 Å². The molecule has 0 spiro atoms. The second-order valence-electron chi connectivity index (χ2n) is 5.49. The molecular weight excluding hydrogens is 437 g/mol. The number of hydrogen-bond acceptors (Lipinski definition) is 7. The lowest BCUT2D eigenvalue weighted by Gasteiger charge is -2.16. The minimum Gasteiger partial charge on any atom is -0.481 e. The molecule has 1 aliphatic heterocycles. The first kappa shape index (κ1) is 24.9. The Kier molecular flexibility index (Phi) is 10.7. The van der Waals surface area contributed by atoms with Gasteiger partial charge in [-0.1, -0.05) is 21.6 Å². The summed E-state index contributed by atoms with van der Waals surface area (Å²) in [6, 6.07) is 1.84. The van der Waals surface area contributed by atoms with Crippen molar-refractivity contribution in [2.75, 3.05) is 24.7 Å². The summed E-state index contributed by atoms with van der Waals surface area (Å²) in [6.07, 6.45) is -1.55. The minimum atomic E-state index is -5.08. The van der Waals surface area contributed by atoms with E-state index in [4.69, 9.17) is 19.7 Å². The molecule has 3 N–H and O–H groups in total. The number of hydrogen-bond donors (Lipinski definition) is 3. The standard InChI is InChI=1S/C14H18N2O4S2.C2HF3O2/c17-12(18)3-6-21-22-7-4-15-13(19)11-8-10-2-1-5-20-14(10)16-9-11;3-2(4,5)1(6)7/h8-9H,1-7H2,(H,15,19)(H,17,18);(H,6,7). The van der Waals surface area contributed by atoms with Gasteiger partial charge in [0.1, 0.15) is 0 Å². The number of carboxylic acid groups (broad SMARTS) is 2. The number of carboxylic acids is 2. The van der Waals surface area contributed by atoms with E-state index in [-0.39, 0.29) is 12.3 Å². The molecule has 0 saturated heterocycles. The predicted molar refractivity (Wildman–Crippen MR) is 101 cm³/mol. The summed E-state index contributed by atoms with van der Waals surface area (Å²) < 4.78 is 37.2. The van der Waals surface area contributed by atoms with Crippen molar-refractivity contribution >= 4 is 39.4 Å². The summed E-state index contributed by atoms with van der Waals surface area (Å²) in [7, 11) is 3.06. The maximum Gasteiger partial charge on any atom is 0.490 e. The number of alkyl halides is 3. The molecule has 1 aromatic heterocycles. The monoisotopic (exact) mass is 456 g/mol. The zero-order valence-electron chi connectivity index (χ0n) is 15.0. The Hall–Kier alpha value is -2.15. The lowest BCUT2D eigenvalue weighted by atomic mass is 10.1. The quantitative estimate of drug-likeness (QED) is 0.400. The molecule has 1 amide bonds. The van der Waals surface area contributed by atoms with E-state index in [0.717, 1.165) is 24.2 Å². The number of aryl methyl sites for hydroxylation is 1. The van der Waals surface area contributed by atoms with E-state index in [1.54, 1.807) is 10.8 Å². The van der Waals surface area contributed by atoms with Crippen LogP contribution in [0.25, 0.3) is 0 Å². The SMILES string of the molecule is O=C(O)C(F)(F)F.O=C(O)CCSSCCNC(=O)c1cnc2c(c1)CCCO2. The van der Waals surface area contributed by atoms with Crippen LogP contribution < -0.4 is 10.1 Å². The fraction of sp³-hybridized carbons (Fsp3) is 0.500. The number of ether oxygens (including phenoxy) is 1. The van der Waals surface area contributed by atoms with Crippen LogP contribution in [0.3, 0.4) is 0 Å². The molecule has 162 valence electrons. The number of aromatic nitrogens is 1. The minimum absolute atomic E-state index is 0.142. The van der Waals surface area contributed by atoms with E-state index < -0.39 is 18.1 Å². The number of carbonyl (C=O) groups excluding carboxylic acids is 1. The molecule has 29 heavy (non-hydrogen) atoms. The van der Waals surface area contributed by atoms with Gasteiger partial charge in [0, 0.05) is 29.8 Å². The highest BCUT2D eigenvalue weighted by molar-refractivity contribution is 8.76. The van der Waals surface area contributed by atoms with Crippen molar-refractivity contribution in [1.29, 1.82) is 0 Å². The number of nitrogens with one attached hydrogen (secondary N) is 1. The fourth-order valence-corrected chi connectivity index (χ4v) is 3.80. The maximum absolute atomic E-state index is 12.0. The van der Waals surface area contributed by atoms with Crippen LogP contribution in [0, 0.1) is 0 Å². The number of fused-ring (bicyclic) bond motifs is 1. The van der Waals surface area contributed by atoms with Crippen molar-refractivity contribution in [3.63, 3.8) is 0 Å². The summed E-state index contributed by atoms with van der Waals surface area (Å²) in [4.78, 5) is 35.4. The van der Waals surface area contributed by atoms with Gasteiger partial charge in [-0.2, -0.15) is 13.2 Å². The van der Waals surface area contributed by atoms with Crippen LogP contribution in [-0.2, 0) is 16.0 Å². The first-order valence-corrected chi connectivity index (χ1v) is 10.8. The Morgan fingerprint density at radius 2 is 1.86 bits per heavy atom. The topological polar surface area (TPSA) is 126 Å². The van der Waals surface area contributed by atoms with Crippen LogP contribution in [0.15, 0.2) is 12.3 Å². The molecular formula is C16H19F3N2O6S2. The summed E-state index contributed by atoms with van der Waals surface area (Å²) in [5.74, 6) is -1.75. The highest BCUT2D eigenvalue weighted by atomic mass is 33.1. The van der Waals surface area contributed by atoms with Gasteiger partial charge >= 0.3 is 18.1 Å². The van der Waals surface area contributed by atoms with Gasteiger partial charge in [-0.05, 0) is 18.9 Å². The third kappa shape index (κ3) is 10.3. The predicted octanol–water partition coefficient (Wildman–Crippen LogP) is 2.63. The van der Waals surface area contributed by atoms with Crippen molar-refractivity contribution in [2.45, 2.75) is 25.4 Å². The van der Waals surface area contributed by atoms with Crippen LogP contribution in [-0.4, -0.2) is 63.9 Å². The van der Waals surface area contributed by atoms with Gasteiger partial charge in [-0.25, -0.2) is 9.78 Å². The summed E-state index contributed by atoms with van der Waals surface area (Å²) in [5.41, 5.74) is 1.53. The second kappa shape index (κ2) is 12.4. The highest BCUT2D eigenvalue weighted by Crippen LogP contribution is 2.23. The maximum atomic E-state index is 12.0. The Morgan fingerprint density at radius 1 is 1.21 bits per heavy atom. The molecule has 0 radical (unpaired) electrons. The third-order valence-corrected chi connectivity index (χ3v) is 5.62. The smallest absolute Gasteiger partial charge is 0.481 e. The van der Waals surface area contributed by atoms with Gasteiger partial charge < -0.3 is 20.3 Å². The van der Waals surface area contributed by atoms with Crippen molar-refractivity contribution in [3.05, 3.63) is 23.4 Å². The van der Waals surface area contributed by atoms with Crippen LogP contribution in [0.4, 0.5) is 13.2 Å². The van der Waals surface area contributed by atoms with E-state index in [1.165, 1.54) is 17.0 Å². The molecule has 0 aromatic carbocycles. The van der Waals surface area contributed by atoms with Crippen molar-refractivity contribution < 1.29 is 42.5 Å². The Morgan fingerprint density at radius 3 is 2.48 bits per heavy atom. The van der Waals surface area contributed by atoms with Gasteiger partial charge in [-0.15, -0.1) is 0 Å². The molecule has 0 bridgehead atoms. The molecule has 0 unspecified atom stereocenters. The van der Waals surface area contributed by atoms with Gasteiger partial charge in [0.05, 0.1) is 18.6 Å². The number of rotatable bonds is 8. The molecule has 2 heterocycles. The third-order valence-electron chi connectivity index (χ3n) is 3.21. The normalized spacial score (nSPS) is 12.7. The summed E-state index contributed by atoms with van der Waals surface area (Å²) in [5, 5.41) is 18.5. The van der Waals surface area contributed by atoms with E-state index in [1.807, 2.05) is 6.07 Å². The van der Waals surface area contributed by atoms with Gasteiger partial charge in [0.2, 0.25) is 5.88 Å². The average Bonchev–Trinajstić information content (AvgIpc) is 2.66. The molecule has 0 saturated carbocycles. The summed E-state index contributed by atoms with van der Waals surface area (Å²) in [6.45, 7) is 1.22. The average molecular weight is 456 g/mol. The number of aliphatic carboxylic acids is 2. The second-order valence-corrected chi connectivity index (χ2v) is 8.19. The van der Waals surface area contributed by atoms with Crippen LogP contribution >= 0.6 is 21.6 Å². The first-order chi connectivity index (χ1) is 13.6. The number of pyridine rings is 1. The number of halogens is 3. The van der Waals surface area contributed by atoms with Crippen LogP contribution in [0.5, 0.6) is 5.88 Å². The molecule has 1 aliphatic rings. The lowest BCUT2D eigenvalue weighted by molar-refractivity contribution is -0.192. The zero-order valence-corrected chi connectivity index (χ0v) is 16.7. The molecule has 0 atom stereocenters. The molecule has 1 aromatic rings. The largest absolute Gasteiger partial charge is 0.490 e. The molecule has 13 heteroatoms. The molecule has 2 rings (SSSR count). The zero-order chi connectivity index (χ0) is 21.9. The Labute approximate surface area is 172 Å². The Bertz CT molecular complexity index is 718. The number of nitrogens with zero attached hydrogens (tertiary/aromatic N) is 1. The van der Waals surface area contributed by atoms with Crippen molar-refractivity contribution in [1.82, 2.24) is 10.3 Å². The number of carbonyl (C=O) groups is 3. The van der Waals surface area contributed by atoms with Crippen LogP contribution in [0.2, 0.25) is 0 Å². The van der Waals surface area contributed by atoms with Crippen molar-refractivity contribution in [3.8, 4) is 5.88 Å². The fourth-order valence-electron chi connectivity index (χ4n) is 1.92. The highest BCUT2D eigenvalue weighted by Gasteiger charge is 2.38. The van der Waals surface area contributed by atoms with E-state index in [2.05, 4.69) is 10.3 Å². The lowest BCUT2D eigenvalue weighted by Crippen LogP contribution is -2.26. The number of amides is 1. The first-order valence-electron chi connectivity index (χ1n) is 8.27. The van der Waals surface area contributed by atoms with Crippen molar-refractivity contribution in [2.24, 2.45) is 0 Å². The van der Waals surface area contributed by atoms with Gasteiger partial charge in [-0.3, -0.25) is 9.59 Å². The molecule has 8 nitrogen and oxygen atoms in total. The van der Waals surface area contributed by atoms with Crippen LogP contribution in [0.1, 0.15) is 28.8 Å². The van der Waals surface area contributed by atoms with E-state index in [0.29, 0.717) is 30.3 Å². The van der Waals surface area contributed by atoms with Gasteiger partial charge in [0.15, 0.2) is 0 Å². The van der Waals surface area contributed by atoms with E-state index >= 15 is 0 Å².